The lowest BCUT2D eigenvalue weighted by molar-refractivity contribution is 0.0113. The quantitative estimate of drug-likeness (QED) is 0.682. The number of nitrogens with zero attached hydrogens (tertiary/aromatic N) is 2. The predicted octanol–water partition coefficient (Wildman–Crippen LogP) is 4.89. The Morgan fingerprint density at radius 1 is 0.786 bits per heavy atom. The van der Waals surface area contributed by atoms with Gasteiger partial charge in [-0.2, -0.15) is 0 Å². The number of rotatable bonds is 7. The summed E-state index contributed by atoms with van der Waals surface area (Å²) in [5, 5.41) is 0. The maximum absolute atomic E-state index is 6.18. The molecule has 28 heavy (non-hydrogen) atoms. The second-order valence-electron chi connectivity index (χ2n) is 8.29. The molecule has 0 radical (unpaired) electrons. The van der Waals surface area contributed by atoms with E-state index in [4.69, 9.17) is 4.74 Å². The molecular formula is C25H34N2O. The standard InChI is InChI=1S/C25H34N2O/c1-4-10-22(11-5-1)20-28-21-25(23-12-6-2-7-13-23)27-18-16-26(17-19-27)24-14-8-3-9-15-24/h1-2,4-7,10-13,24-25H,3,8-9,14-21H2/t25-/m0/s1. The molecule has 1 aliphatic heterocycles. The van der Waals surface area contributed by atoms with E-state index in [-0.39, 0.29) is 0 Å². The van der Waals surface area contributed by atoms with Gasteiger partial charge in [0.05, 0.1) is 19.3 Å². The number of ether oxygens (including phenoxy) is 1. The van der Waals surface area contributed by atoms with Gasteiger partial charge in [0.15, 0.2) is 0 Å². The van der Waals surface area contributed by atoms with E-state index in [1.807, 2.05) is 0 Å². The fraction of sp³-hybridized carbons (Fsp3) is 0.520. The molecule has 0 spiro atoms. The number of hydrogen-bond acceptors (Lipinski definition) is 3. The Morgan fingerprint density at radius 2 is 1.43 bits per heavy atom. The van der Waals surface area contributed by atoms with Crippen molar-refractivity contribution in [3.8, 4) is 0 Å². The van der Waals surface area contributed by atoms with Crippen molar-refractivity contribution in [3.63, 3.8) is 0 Å². The first-order chi connectivity index (χ1) is 13.9. The molecule has 0 aromatic heterocycles. The van der Waals surface area contributed by atoms with Crippen LogP contribution in [0.4, 0.5) is 0 Å². The lowest BCUT2D eigenvalue weighted by atomic mass is 9.93. The zero-order valence-electron chi connectivity index (χ0n) is 17.0. The van der Waals surface area contributed by atoms with E-state index in [0.717, 1.165) is 25.7 Å². The van der Waals surface area contributed by atoms with Gasteiger partial charge in [-0.05, 0) is 24.0 Å². The maximum atomic E-state index is 6.18. The van der Waals surface area contributed by atoms with Crippen molar-refractivity contribution in [1.29, 1.82) is 0 Å². The van der Waals surface area contributed by atoms with Crippen molar-refractivity contribution in [2.24, 2.45) is 0 Å². The van der Waals surface area contributed by atoms with Gasteiger partial charge in [-0.25, -0.2) is 0 Å². The molecule has 2 aromatic rings. The minimum atomic E-state index is 0.346. The molecular weight excluding hydrogens is 344 g/mol. The van der Waals surface area contributed by atoms with Crippen molar-refractivity contribution in [2.45, 2.75) is 50.8 Å². The average molecular weight is 379 g/mol. The van der Waals surface area contributed by atoms with Crippen molar-refractivity contribution in [3.05, 3.63) is 71.8 Å². The van der Waals surface area contributed by atoms with Crippen LogP contribution in [0.1, 0.15) is 49.3 Å². The summed E-state index contributed by atoms with van der Waals surface area (Å²) in [4.78, 5) is 5.39. The van der Waals surface area contributed by atoms with E-state index < -0.39 is 0 Å². The molecule has 2 aliphatic rings. The van der Waals surface area contributed by atoms with Gasteiger partial charge in [0.2, 0.25) is 0 Å². The Labute approximate surface area is 170 Å². The Bertz CT molecular complexity index is 676. The minimum absolute atomic E-state index is 0.346. The first-order valence-corrected chi connectivity index (χ1v) is 11.0. The third-order valence-corrected chi connectivity index (χ3v) is 6.45. The largest absolute Gasteiger partial charge is 0.375 e. The highest BCUT2D eigenvalue weighted by Crippen LogP contribution is 2.27. The monoisotopic (exact) mass is 378 g/mol. The smallest absolute Gasteiger partial charge is 0.0717 e. The van der Waals surface area contributed by atoms with E-state index in [1.165, 1.54) is 56.3 Å². The van der Waals surface area contributed by atoms with Crippen LogP contribution in [-0.4, -0.2) is 48.6 Å². The molecule has 3 heteroatoms. The highest BCUT2D eigenvalue weighted by atomic mass is 16.5. The predicted molar refractivity (Wildman–Crippen MR) is 115 cm³/mol. The van der Waals surface area contributed by atoms with Crippen LogP contribution >= 0.6 is 0 Å². The lowest BCUT2D eigenvalue weighted by Crippen LogP contribution is -2.52. The number of piperazine rings is 1. The molecule has 1 aliphatic carbocycles. The molecule has 1 saturated carbocycles. The molecule has 1 atom stereocenters. The fourth-order valence-corrected chi connectivity index (χ4v) is 4.81. The van der Waals surface area contributed by atoms with Crippen LogP contribution in [0.2, 0.25) is 0 Å². The number of benzene rings is 2. The highest BCUT2D eigenvalue weighted by molar-refractivity contribution is 5.19. The van der Waals surface area contributed by atoms with Gasteiger partial charge in [-0.15, -0.1) is 0 Å². The van der Waals surface area contributed by atoms with Crippen LogP contribution in [0.3, 0.4) is 0 Å². The van der Waals surface area contributed by atoms with Crippen LogP contribution in [0.15, 0.2) is 60.7 Å². The van der Waals surface area contributed by atoms with Gasteiger partial charge < -0.3 is 4.74 Å². The van der Waals surface area contributed by atoms with Gasteiger partial charge in [-0.3, -0.25) is 9.80 Å². The lowest BCUT2D eigenvalue weighted by Gasteiger charge is -2.43. The van der Waals surface area contributed by atoms with E-state index in [9.17, 15) is 0 Å². The van der Waals surface area contributed by atoms with Crippen molar-refractivity contribution < 1.29 is 4.74 Å². The van der Waals surface area contributed by atoms with Crippen LogP contribution in [0.5, 0.6) is 0 Å². The van der Waals surface area contributed by atoms with Crippen molar-refractivity contribution in [1.82, 2.24) is 9.80 Å². The van der Waals surface area contributed by atoms with Crippen molar-refractivity contribution in [2.75, 3.05) is 32.8 Å². The third kappa shape index (κ3) is 5.22. The first kappa shape index (κ1) is 19.6. The molecule has 0 amide bonds. The molecule has 150 valence electrons. The zero-order chi connectivity index (χ0) is 19.0. The molecule has 4 rings (SSSR count). The van der Waals surface area contributed by atoms with Crippen LogP contribution in [-0.2, 0) is 11.3 Å². The minimum Gasteiger partial charge on any atom is -0.375 e. The zero-order valence-corrected chi connectivity index (χ0v) is 17.0. The summed E-state index contributed by atoms with van der Waals surface area (Å²) in [5.41, 5.74) is 2.62. The van der Waals surface area contributed by atoms with Crippen LogP contribution in [0.25, 0.3) is 0 Å². The summed E-state index contributed by atoms with van der Waals surface area (Å²) in [5.74, 6) is 0. The van der Waals surface area contributed by atoms with E-state index in [1.54, 1.807) is 0 Å². The molecule has 2 aromatic carbocycles. The maximum Gasteiger partial charge on any atom is 0.0717 e. The third-order valence-electron chi connectivity index (χ3n) is 6.45. The Hall–Kier alpha value is -1.68. The fourth-order valence-electron chi connectivity index (χ4n) is 4.81. The Balaban J connectivity index is 1.35. The van der Waals surface area contributed by atoms with E-state index in [0.29, 0.717) is 12.6 Å². The molecule has 1 heterocycles. The van der Waals surface area contributed by atoms with E-state index in [2.05, 4.69) is 70.5 Å². The topological polar surface area (TPSA) is 15.7 Å². The van der Waals surface area contributed by atoms with Gasteiger partial charge in [0, 0.05) is 32.2 Å². The highest BCUT2D eigenvalue weighted by Gasteiger charge is 2.29. The van der Waals surface area contributed by atoms with Gasteiger partial charge in [-0.1, -0.05) is 79.9 Å². The molecule has 0 N–H and O–H groups in total. The second kappa shape index (κ2) is 10.2. The SMILES string of the molecule is c1ccc(COC[C@@H](c2ccccc2)N2CCN(C3CCCCC3)CC2)cc1. The average Bonchev–Trinajstić information content (AvgIpc) is 2.79. The van der Waals surface area contributed by atoms with Crippen LogP contribution in [0, 0.1) is 0 Å². The van der Waals surface area contributed by atoms with Gasteiger partial charge >= 0.3 is 0 Å². The van der Waals surface area contributed by atoms with Crippen LogP contribution < -0.4 is 0 Å². The summed E-state index contributed by atoms with van der Waals surface area (Å²) < 4.78 is 6.18. The molecule has 2 fully saturated rings. The first-order valence-electron chi connectivity index (χ1n) is 11.0. The Morgan fingerprint density at radius 3 is 2.11 bits per heavy atom. The van der Waals surface area contributed by atoms with Gasteiger partial charge in [0.25, 0.3) is 0 Å². The summed E-state index contributed by atoms with van der Waals surface area (Å²) in [6, 6.07) is 22.6. The van der Waals surface area contributed by atoms with Gasteiger partial charge in [0.1, 0.15) is 0 Å². The molecule has 0 unspecified atom stereocenters. The van der Waals surface area contributed by atoms with Crippen molar-refractivity contribution >= 4 is 0 Å². The summed E-state index contributed by atoms with van der Waals surface area (Å²) in [6.45, 7) is 6.13. The Kier molecular flexibility index (Phi) is 7.15. The summed E-state index contributed by atoms with van der Waals surface area (Å²) in [7, 11) is 0. The summed E-state index contributed by atoms with van der Waals surface area (Å²) in [6.07, 6.45) is 7.09. The normalized spacial score (nSPS) is 20.9. The molecule has 0 bridgehead atoms. The second-order valence-corrected chi connectivity index (χ2v) is 8.29. The molecule has 1 saturated heterocycles. The summed E-state index contributed by atoms with van der Waals surface area (Å²) >= 11 is 0. The number of hydrogen-bond donors (Lipinski definition) is 0. The van der Waals surface area contributed by atoms with E-state index >= 15 is 0 Å². The molecule has 3 nitrogen and oxygen atoms in total.